The van der Waals surface area contributed by atoms with Gasteiger partial charge in [0, 0.05) is 22.1 Å². The third-order valence-electron chi connectivity index (χ3n) is 2.63. The summed E-state index contributed by atoms with van der Waals surface area (Å²) in [6, 6.07) is 2.94. The largest absolute Gasteiger partial charge is 0.398 e. The van der Waals surface area contributed by atoms with Crippen LogP contribution in [0, 0.1) is 0 Å². The van der Waals surface area contributed by atoms with Gasteiger partial charge in [0.1, 0.15) is 4.90 Å². The van der Waals surface area contributed by atoms with E-state index in [1.54, 1.807) is 19.2 Å². The molecule has 20 heavy (non-hydrogen) atoms. The lowest BCUT2D eigenvalue weighted by Crippen LogP contribution is -2.38. The van der Waals surface area contributed by atoms with Crippen molar-refractivity contribution in [3.63, 3.8) is 0 Å². The third kappa shape index (κ3) is 4.70. The topological polar surface area (TPSA) is 81.4 Å². The fourth-order valence-corrected chi connectivity index (χ4v) is 5.19. The zero-order chi connectivity index (χ0) is 15.3. The second-order valence-corrected chi connectivity index (χ2v) is 7.79. The first-order chi connectivity index (χ1) is 9.31. The number of nitrogen functional groups attached to an aromatic ring is 1. The van der Waals surface area contributed by atoms with Crippen LogP contribution in [-0.2, 0) is 14.8 Å². The third-order valence-corrected chi connectivity index (χ3v) is 5.62. The van der Waals surface area contributed by atoms with E-state index in [1.807, 2.05) is 6.92 Å². The molecule has 1 aromatic rings. The van der Waals surface area contributed by atoms with Crippen LogP contribution in [0.15, 0.2) is 26.0 Å². The smallest absolute Gasteiger partial charge is 0.244 e. The summed E-state index contributed by atoms with van der Waals surface area (Å²) < 4.78 is 33.7. The monoisotopic (exact) mass is 428 g/mol. The van der Waals surface area contributed by atoms with Crippen molar-refractivity contribution >= 4 is 47.6 Å². The molecule has 114 valence electrons. The molecule has 1 atom stereocenters. The van der Waals surface area contributed by atoms with Gasteiger partial charge in [-0.25, -0.2) is 13.1 Å². The minimum atomic E-state index is -3.70. The molecule has 0 fully saturated rings. The van der Waals surface area contributed by atoms with Crippen LogP contribution >= 0.6 is 31.9 Å². The number of hydrogen-bond acceptors (Lipinski definition) is 4. The van der Waals surface area contributed by atoms with E-state index in [-0.39, 0.29) is 16.6 Å². The van der Waals surface area contributed by atoms with E-state index in [2.05, 4.69) is 36.6 Å². The Balaban J connectivity index is 3.10. The molecule has 0 aliphatic carbocycles. The second kappa shape index (κ2) is 7.74. The average Bonchev–Trinajstić information content (AvgIpc) is 2.26. The highest BCUT2D eigenvalue weighted by atomic mass is 79.9. The summed E-state index contributed by atoms with van der Waals surface area (Å²) >= 11 is 6.51. The number of hydrogen-bond donors (Lipinski definition) is 2. The lowest BCUT2D eigenvalue weighted by atomic mass is 10.2. The molecule has 3 N–H and O–H groups in total. The Morgan fingerprint density at radius 3 is 2.55 bits per heavy atom. The summed E-state index contributed by atoms with van der Waals surface area (Å²) in [5, 5.41) is 0. The van der Waals surface area contributed by atoms with Crippen molar-refractivity contribution in [2.45, 2.75) is 30.7 Å². The van der Waals surface area contributed by atoms with Gasteiger partial charge >= 0.3 is 0 Å². The number of nitrogens with two attached hydrogens (primary N) is 1. The van der Waals surface area contributed by atoms with Crippen molar-refractivity contribution in [1.29, 1.82) is 0 Å². The number of benzene rings is 1. The second-order valence-electron chi connectivity index (χ2n) is 4.37. The van der Waals surface area contributed by atoms with Crippen LogP contribution in [0.1, 0.15) is 19.8 Å². The van der Waals surface area contributed by atoms with Crippen molar-refractivity contribution in [3.05, 3.63) is 21.1 Å². The first kappa shape index (κ1) is 17.9. The minimum absolute atomic E-state index is 0.0536. The number of halogens is 2. The zero-order valence-corrected chi connectivity index (χ0v) is 15.3. The highest BCUT2D eigenvalue weighted by Crippen LogP contribution is 2.31. The minimum Gasteiger partial charge on any atom is -0.398 e. The van der Waals surface area contributed by atoms with Crippen molar-refractivity contribution in [1.82, 2.24) is 4.72 Å². The Hall–Kier alpha value is -0.150. The van der Waals surface area contributed by atoms with Crippen LogP contribution in [0.4, 0.5) is 5.69 Å². The summed E-state index contributed by atoms with van der Waals surface area (Å²) in [5.41, 5.74) is 6.01. The van der Waals surface area contributed by atoms with E-state index in [4.69, 9.17) is 10.5 Å². The molecule has 5 nitrogen and oxygen atoms in total. The molecule has 0 heterocycles. The molecule has 1 unspecified atom stereocenters. The maximum Gasteiger partial charge on any atom is 0.244 e. The van der Waals surface area contributed by atoms with Gasteiger partial charge in [0.15, 0.2) is 0 Å². The zero-order valence-electron chi connectivity index (χ0n) is 11.3. The van der Waals surface area contributed by atoms with Crippen LogP contribution in [0.2, 0.25) is 0 Å². The summed E-state index contributed by atoms with van der Waals surface area (Å²) in [7, 11) is -2.16. The molecule has 1 aromatic carbocycles. The lowest BCUT2D eigenvalue weighted by Gasteiger charge is -2.18. The van der Waals surface area contributed by atoms with E-state index >= 15 is 0 Å². The van der Waals surface area contributed by atoms with Gasteiger partial charge in [-0.1, -0.05) is 29.3 Å². The summed E-state index contributed by atoms with van der Waals surface area (Å²) in [5.74, 6) is 0. The number of methoxy groups -OCH3 is 1. The molecular weight excluding hydrogens is 412 g/mol. The van der Waals surface area contributed by atoms with Gasteiger partial charge in [0.25, 0.3) is 0 Å². The fourth-order valence-electron chi connectivity index (χ4n) is 1.87. The summed E-state index contributed by atoms with van der Waals surface area (Å²) in [6.45, 7) is 2.31. The highest BCUT2D eigenvalue weighted by Gasteiger charge is 2.24. The number of rotatable bonds is 7. The molecule has 0 aliphatic heterocycles. The van der Waals surface area contributed by atoms with Gasteiger partial charge in [-0.2, -0.15) is 0 Å². The number of anilines is 1. The Bertz CT molecular complexity index is 535. The maximum absolute atomic E-state index is 12.5. The predicted molar refractivity (Wildman–Crippen MR) is 87.1 cm³/mol. The van der Waals surface area contributed by atoms with Gasteiger partial charge in [-0.3, -0.25) is 0 Å². The molecule has 0 saturated carbocycles. The van der Waals surface area contributed by atoms with Gasteiger partial charge in [-0.15, -0.1) is 0 Å². The van der Waals surface area contributed by atoms with Crippen LogP contribution in [-0.4, -0.2) is 28.2 Å². The van der Waals surface area contributed by atoms with E-state index in [1.165, 1.54) is 0 Å². The fraction of sp³-hybridized carbons (Fsp3) is 0.500. The SMILES string of the molecule is CCCC(COC)NS(=O)(=O)c1c(N)cc(Br)cc1Br. The molecule has 1 rings (SSSR count). The Morgan fingerprint density at radius 1 is 1.40 bits per heavy atom. The van der Waals surface area contributed by atoms with Gasteiger partial charge in [0.05, 0.1) is 12.3 Å². The molecule has 8 heteroatoms. The first-order valence-corrected chi connectivity index (χ1v) is 9.14. The highest BCUT2D eigenvalue weighted by molar-refractivity contribution is 9.11. The summed E-state index contributed by atoms with van der Waals surface area (Å²) in [4.78, 5) is 0.0536. The van der Waals surface area contributed by atoms with Crippen molar-refractivity contribution in [2.75, 3.05) is 19.5 Å². The Kier molecular flexibility index (Phi) is 6.93. The lowest BCUT2D eigenvalue weighted by molar-refractivity contribution is 0.171. The summed E-state index contributed by atoms with van der Waals surface area (Å²) in [6.07, 6.45) is 1.55. The van der Waals surface area contributed by atoms with E-state index in [0.717, 1.165) is 6.42 Å². The van der Waals surface area contributed by atoms with Gasteiger partial charge < -0.3 is 10.5 Å². The Morgan fingerprint density at radius 2 is 2.05 bits per heavy atom. The molecule has 0 aliphatic rings. The van der Waals surface area contributed by atoms with E-state index < -0.39 is 10.0 Å². The molecule has 0 amide bonds. The van der Waals surface area contributed by atoms with E-state index in [0.29, 0.717) is 22.0 Å². The van der Waals surface area contributed by atoms with Crippen molar-refractivity contribution < 1.29 is 13.2 Å². The van der Waals surface area contributed by atoms with Crippen LogP contribution in [0.3, 0.4) is 0 Å². The Labute approximate surface area is 136 Å². The molecule has 0 saturated heterocycles. The molecule has 0 aromatic heterocycles. The molecule has 0 bridgehead atoms. The maximum atomic E-state index is 12.5. The number of nitrogens with one attached hydrogen (secondary N) is 1. The normalized spacial score (nSPS) is 13.4. The standard InChI is InChI=1S/C12H18Br2N2O3S/c1-3-4-9(7-19-2)16-20(17,18)12-10(14)5-8(13)6-11(12)15/h5-6,9,16H,3-4,7,15H2,1-2H3. The molecule has 0 radical (unpaired) electrons. The van der Waals surface area contributed by atoms with Crippen molar-refractivity contribution in [3.8, 4) is 0 Å². The van der Waals surface area contributed by atoms with E-state index in [9.17, 15) is 8.42 Å². The average molecular weight is 430 g/mol. The van der Waals surface area contributed by atoms with Crippen molar-refractivity contribution in [2.24, 2.45) is 0 Å². The van der Waals surface area contributed by atoms with Crippen LogP contribution < -0.4 is 10.5 Å². The quantitative estimate of drug-likeness (QED) is 0.653. The van der Waals surface area contributed by atoms with Crippen LogP contribution in [0.25, 0.3) is 0 Å². The molecular formula is C12H18Br2N2O3S. The number of sulfonamides is 1. The predicted octanol–water partition coefficient (Wildman–Crippen LogP) is 2.89. The van der Waals surface area contributed by atoms with Gasteiger partial charge in [-0.05, 0) is 34.5 Å². The molecule has 0 spiro atoms. The van der Waals surface area contributed by atoms with Gasteiger partial charge in [0.2, 0.25) is 10.0 Å². The first-order valence-electron chi connectivity index (χ1n) is 6.07. The van der Waals surface area contributed by atoms with Crippen LogP contribution in [0.5, 0.6) is 0 Å². The number of ether oxygens (including phenoxy) is 1.